The van der Waals surface area contributed by atoms with Gasteiger partial charge in [-0.1, -0.05) is 12.2 Å². The van der Waals surface area contributed by atoms with Crippen LogP contribution in [-0.4, -0.2) is 52.3 Å². The summed E-state index contributed by atoms with van der Waals surface area (Å²) in [6.07, 6.45) is 0. The van der Waals surface area contributed by atoms with Crippen molar-refractivity contribution in [1.82, 2.24) is 15.1 Å². The van der Waals surface area contributed by atoms with Gasteiger partial charge in [0.2, 0.25) is 0 Å². The Hall–Kier alpha value is -1.27. The molecular weight excluding hydrogens is 246 g/mol. The van der Waals surface area contributed by atoms with Crippen LogP contribution in [-0.2, 0) is 0 Å². The number of aryl methyl sites for hydroxylation is 1. The third-order valence-corrected chi connectivity index (χ3v) is 3.72. The summed E-state index contributed by atoms with van der Waals surface area (Å²) in [6.45, 7) is 7.78. The molecule has 0 aromatic carbocycles. The Balaban J connectivity index is 1.94. The molecule has 18 heavy (non-hydrogen) atoms. The fourth-order valence-corrected chi connectivity index (χ4v) is 2.23. The molecule has 0 aliphatic carbocycles. The summed E-state index contributed by atoms with van der Waals surface area (Å²) < 4.78 is 0. The zero-order valence-corrected chi connectivity index (χ0v) is 11.7. The summed E-state index contributed by atoms with van der Waals surface area (Å²) in [5, 5.41) is 8.30. The summed E-state index contributed by atoms with van der Waals surface area (Å²) >= 11 is 5.04. The molecule has 1 aliphatic heterocycles. The smallest absolute Gasteiger partial charge is 0.151 e. The first kappa shape index (κ1) is 13.2. The van der Waals surface area contributed by atoms with Crippen molar-refractivity contribution >= 4 is 23.0 Å². The molecule has 5 nitrogen and oxygen atoms in total. The molecular formula is C12H19N5S. The minimum Gasteiger partial charge on any atom is -0.392 e. The van der Waals surface area contributed by atoms with E-state index >= 15 is 0 Å². The van der Waals surface area contributed by atoms with Gasteiger partial charge in [-0.05, 0) is 26.0 Å². The molecule has 1 fully saturated rings. The maximum atomic E-state index is 5.68. The fourth-order valence-electron chi connectivity index (χ4n) is 2.08. The summed E-state index contributed by atoms with van der Waals surface area (Å²) in [4.78, 5) is 5.12. The van der Waals surface area contributed by atoms with E-state index in [1.54, 1.807) is 0 Å². The Kier molecular flexibility index (Phi) is 4.08. The van der Waals surface area contributed by atoms with Crippen LogP contribution in [0.15, 0.2) is 12.1 Å². The maximum Gasteiger partial charge on any atom is 0.151 e. The molecule has 1 atom stereocenters. The number of anilines is 1. The van der Waals surface area contributed by atoms with Crippen LogP contribution in [0.2, 0.25) is 0 Å². The Bertz CT molecular complexity index is 411. The van der Waals surface area contributed by atoms with Crippen molar-refractivity contribution in [3.8, 4) is 0 Å². The third-order valence-electron chi connectivity index (χ3n) is 3.38. The molecule has 0 radical (unpaired) electrons. The number of piperazine rings is 1. The van der Waals surface area contributed by atoms with Crippen LogP contribution < -0.4 is 10.6 Å². The lowest BCUT2D eigenvalue weighted by Gasteiger charge is -2.37. The predicted octanol–water partition coefficient (Wildman–Crippen LogP) is 0.582. The third kappa shape index (κ3) is 2.94. The highest BCUT2D eigenvalue weighted by molar-refractivity contribution is 7.80. The molecule has 2 N–H and O–H groups in total. The largest absolute Gasteiger partial charge is 0.392 e. The first-order valence-electron chi connectivity index (χ1n) is 6.16. The standard InChI is InChI=1S/C12H19N5S/c1-9-3-4-11(15-14-9)17-7-5-16(6-8-17)10(2)12(13)18/h3-4,10H,5-8H2,1-2H3,(H2,13,18). The highest BCUT2D eigenvalue weighted by atomic mass is 32.1. The van der Waals surface area contributed by atoms with E-state index in [9.17, 15) is 0 Å². The molecule has 1 saturated heterocycles. The predicted molar refractivity (Wildman–Crippen MR) is 76.8 cm³/mol. The fraction of sp³-hybridized carbons (Fsp3) is 0.583. The quantitative estimate of drug-likeness (QED) is 0.807. The number of hydrogen-bond acceptors (Lipinski definition) is 5. The van der Waals surface area contributed by atoms with E-state index in [2.05, 4.69) is 26.9 Å². The van der Waals surface area contributed by atoms with Crippen LogP contribution in [0.4, 0.5) is 5.82 Å². The molecule has 0 bridgehead atoms. The van der Waals surface area contributed by atoms with Gasteiger partial charge in [0.15, 0.2) is 5.82 Å². The number of nitrogens with zero attached hydrogens (tertiary/aromatic N) is 4. The van der Waals surface area contributed by atoms with Gasteiger partial charge in [-0.2, -0.15) is 5.10 Å². The molecule has 6 heteroatoms. The molecule has 0 amide bonds. The Labute approximate surface area is 113 Å². The molecule has 0 spiro atoms. The summed E-state index contributed by atoms with van der Waals surface area (Å²) in [6, 6.07) is 4.19. The first-order chi connectivity index (χ1) is 8.58. The topological polar surface area (TPSA) is 58.3 Å². The van der Waals surface area contributed by atoms with Crippen LogP contribution in [0.1, 0.15) is 12.6 Å². The molecule has 98 valence electrons. The number of thiocarbonyl (C=S) groups is 1. The highest BCUT2D eigenvalue weighted by Crippen LogP contribution is 2.14. The van der Waals surface area contributed by atoms with Crippen LogP contribution in [0.25, 0.3) is 0 Å². The first-order valence-corrected chi connectivity index (χ1v) is 6.57. The Morgan fingerprint density at radius 1 is 1.28 bits per heavy atom. The van der Waals surface area contributed by atoms with E-state index in [-0.39, 0.29) is 6.04 Å². The number of nitrogens with two attached hydrogens (primary N) is 1. The van der Waals surface area contributed by atoms with E-state index in [0.717, 1.165) is 37.7 Å². The van der Waals surface area contributed by atoms with Gasteiger partial charge in [0.05, 0.1) is 16.7 Å². The Morgan fingerprint density at radius 3 is 2.44 bits per heavy atom. The molecule has 1 aliphatic rings. The number of aromatic nitrogens is 2. The lowest BCUT2D eigenvalue weighted by Crippen LogP contribution is -2.52. The number of hydrogen-bond donors (Lipinski definition) is 1. The monoisotopic (exact) mass is 265 g/mol. The van der Waals surface area contributed by atoms with Gasteiger partial charge < -0.3 is 10.6 Å². The van der Waals surface area contributed by atoms with E-state index < -0.39 is 0 Å². The zero-order chi connectivity index (χ0) is 13.1. The van der Waals surface area contributed by atoms with E-state index in [1.165, 1.54) is 0 Å². The number of rotatable bonds is 3. The molecule has 1 aromatic rings. The molecule has 0 saturated carbocycles. The van der Waals surface area contributed by atoms with Crippen molar-refractivity contribution in [2.24, 2.45) is 5.73 Å². The minimum atomic E-state index is 0.172. The van der Waals surface area contributed by atoms with Crippen molar-refractivity contribution in [2.45, 2.75) is 19.9 Å². The summed E-state index contributed by atoms with van der Waals surface area (Å²) in [5.74, 6) is 0.947. The van der Waals surface area contributed by atoms with E-state index in [1.807, 2.05) is 19.1 Å². The molecule has 2 heterocycles. The van der Waals surface area contributed by atoms with Crippen LogP contribution in [0.5, 0.6) is 0 Å². The molecule has 1 aromatic heterocycles. The SMILES string of the molecule is Cc1ccc(N2CCN(C(C)C(N)=S)CC2)nn1. The van der Waals surface area contributed by atoms with Crippen molar-refractivity contribution < 1.29 is 0 Å². The Morgan fingerprint density at radius 2 is 1.94 bits per heavy atom. The van der Waals surface area contributed by atoms with E-state index in [0.29, 0.717) is 4.99 Å². The van der Waals surface area contributed by atoms with Crippen molar-refractivity contribution in [3.05, 3.63) is 17.8 Å². The normalized spacial score (nSPS) is 18.7. The van der Waals surface area contributed by atoms with Crippen LogP contribution >= 0.6 is 12.2 Å². The van der Waals surface area contributed by atoms with Crippen molar-refractivity contribution in [3.63, 3.8) is 0 Å². The van der Waals surface area contributed by atoms with Gasteiger partial charge in [-0.15, -0.1) is 5.10 Å². The molecule has 1 unspecified atom stereocenters. The van der Waals surface area contributed by atoms with Crippen molar-refractivity contribution in [1.29, 1.82) is 0 Å². The summed E-state index contributed by atoms with van der Waals surface area (Å²) in [7, 11) is 0. The summed E-state index contributed by atoms with van der Waals surface area (Å²) in [5.41, 5.74) is 6.63. The van der Waals surface area contributed by atoms with E-state index in [4.69, 9.17) is 18.0 Å². The minimum absolute atomic E-state index is 0.172. The second-order valence-corrected chi connectivity index (χ2v) is 5.11. The van der Waals surface area contributed by atoms with Gasteiger partial charge in [0.25, 0.3) is 0 Å². The second-order valence-electron chi connectivity index (χ2n) is 4.63. The van der Waals surface area contributed by atoms with Gasteiger partial charge in [-0.3, -0.25) is 4.90 Å². The highest BCUT2D eigenvalue weighted by Gasteiger charge is 2.23. The average molecular weight is 265 g/mol. The van der Waals surface area contributed by atoms with Gasteiger partial charge in [0, 0.05) is 26.2 Å². The van der Waals surface area contributed by atoms with Gasteiger partial charge >= 0.3 is 0 Å². The van der Waals surface area contributed by atoms with Crippen molar-refractivity contribution in [2.75, 3.05) is 31.1 Å². The van der Waals surface area contributed by atoms with Crippen LogP contribution in [0.3, 0.4) is 0 Å². The molecule has 2 rings (SSSR count). The second kappa shape index (κ2) is 5.58. The lowest BCUT2D eigenvalue weighted by atomic mass is 10.2. The van der Waals surface area contributed by atoms with Gasteiger partial charge in [0.1, 0.15) is 0 Å². The van der Waals surface area contributed by atoms with Gasteiger partial charge in [-0.25, -0.2) is 0 Å². The lowest BCUT2D eigenvalue weighted by molar-refractivity contribution is 0.238. The maximum absolute atomic E-state index is 5.68. The average Bonchev–Trinajstić information content (AvgIpc) is 2.39. The zero-order valence-electron chi connectivity index (χ0n) is 10.8. The van der Waals surface area contributed by atoms with Crippen LogP contribution in [0, 0.1) is 6.92 Å².